The van der Waals surface area contributed by atoms with E-state index in [9.17, 15) is 9.59 Å². The zero-order chi connectivity index (χ0) is 14.3. The predicted octanol–water partition coefficient (Wildman–Crippen LogP) is 0.863. The van der Waals surface area contributed by atoms with Gasteiger partial charge in [-0.15, -0.1) is 0 Å². The van der Waals surface area contributed by atoms with E-state index in [0.29, 0.717) is 19.5 Å². The van der Waals surface area contributed by atoms with Gasteiger partial charge in [0.15, 0.2) is 0 Å². The van der Waals surface area contributed by atoms with Crippen molar-refractivity contribution in [3.8, 4) is 0 Å². The number of carbonyl (C=O) groups excluding carboxylic acids is 2. The number of pyridine rings is 1. The van der Waals surface area contributed by atoms with E-state index in [4.69, 9.17) is 0 Å². The third-order valence-corrected chi connectivity index (χ3v) is 2.56. The second-order valence-electron chi connectivity index (χ2n) is 4.07. The molecule has 6 heteroatoms. The summed E-state index contributed by atoms with van der Waals surface area (Å²) < 4.78 is 9.19. The summed E-state index contributed by atoms with van der Waals surface area (Å²) in [5.41, 5.74) is 1.02. The molecule has 0 N–H and O–H groups in total. The third kappa shape index (κ3) is 5.05. The number of rotatable bonds is 6. The van der Waals surface area contributed by atoms with Gasteiger partial charge in [-0.2, -0.15) is 0 Å². The molecule has 0 aromatic carbocycles. The highest BCUT2D eigenvalue weighted by atomic mass is 16.5. The number of nitrogens with zero attached hydrogens (tertiary/aromatic N) is 2. The third-order valence-electron chi connectivity index (χ3n) is 2.56. The van der Waals surface area contributed by atoms with Gasteiger partial charge in [-0.3, -0.25) is 9.69 Å². The molecule has 1 heterocycles. The Morgan fingerprint density at radius 2 is 2.00 bits per heavy atom. The Kier molecular flexibility index (Phi) is 5.95. The van der Waals surface area contributed by atoms with Gasteiger partial charge in [-0.1, -0.05) is 6.07 Å². The highest BCUT2D eigenvalue weighted by Crippen LogP contribution is 2.04. The van der Waals surface area contributed by atoms with Crippen molar-refractivity contribution in [1.82, 2.24) is 9.88 Å². The van der Waals surface area contributed by atoms with Gasteiger partial charge >= 0.3 is 11.9 Å². The molecule has 1 aromatic heterocycles. The lowest BCUT2D eigenvalue weighted by Gasteiger charge is -2.15. The summed E-state index contributed by atoms with van der Waals surface area (Å²) in [6, 6.07) is 5.17. The van der Waals surface area contributed by atoms with Crippen LogP contribution in [-0.4, -0.2) is 49.6 Å². The maximum absolute atomic E-state index is 11.3. The molecule has 0 aliphatic heterocycles. The number of esters is 2. The van der Waals surface area contributed by atoms with Crippen LogP contribution in [0, 0.1) is 0 Å². The lowest BCUT2D eigenvalue weighted by Crippen LogP contribution is -2.22. The molecule has 0 bridgehead atoms. The average molecular weight is 266 g/mol. The van der Waals surface area contributed by atoms with Crippen LogP contribution in [-0.2, 0) is 20.8 Å². The Labute approximate surface area is 112 Å². The van der Waals surface area contributed by atoms with Gasteiger partial charge in [0.2, 0.25) is 0 Å². The summed E-state index contributed by atoms with van der Waals surface area (Å²) in [5, 5.41) is 0. The lowest BCUT2D eigenvalue weighted by atomic mass is 10.3. The second-order valence-corrected chi connectivity index (χ2v) is 4.07. The quantitative estimate of drug-likeness (QED) is 0.711. The Hall–Kier alpha value is -1.95. The van der Waals surface area contributed by atoms with Crippen molar-refractivity contribution < 1.29 is 19.1 Å². The van der Waals surface area contributed by atoms with Crippen LogP contribution >= 0.6 is 0 Å². The van der Waals surface area contributed by atoms with Crippen molar-refractivity contribution in [3.63, 3.8) is 0 Å². The van der Waals surface area contributed by atoms with Crippen LogP contribution in [0.2, 0.25) is 0 Å². The van der Waals surface area contributed by atoms with Crippen LogP contribution in [0.25, 0.3) is 0 Å². The van der Waals surface area contributed by atoms with Crippen molar-refractivity contribution in [1.29, 1.82) is 0 Å². The van der Waals surface area contributed by atoms with Gasteiger partial charge in [0, 0.05) is 13.1 Å². The van der Waals surface area contributed by atoms with Crippen molar-refractivity contribution in [3.05, 3.63) is 29.6 Å². The van der Waals surface area contributed by atoms with Gasteiger partial charge in [0.05, 0.1) is 26.3 Å². The number of hydrogen-bond donors (Lipinski definition) is 0. The largest absolute Gasteiger partial charge is 0.469 e. The molecule has 0 radical (unpaired) electrons. The van der Waals surface area contributed by atoms with E-state index >= 15 is 0 Å². The molecule has 0 unspecified atom stereocenters. The van der Waals surface area contributed by atoms with Crippen LogP contribution in [0.5, 0.6) is 0 Å². The van der Waals surface area contributed by atoms with Crippen LogP contribution < -0.4 is 0 Å². The summed E-state index contributed by atoms with van der Waals surface area (Å²) >= 11 is 0. The summed E-state index contributed by atoms with van der Waals surface area (Å²) in [5.74, 6) is -0.706. The molecule has 0 fully saturated rings. The maximum Gasteiger partial charge on any atom is 0.356 e. The fourth-order valence-electron chi connectivity index (χ4n) is 1.53. The molecule has 0 saturated heterocycles. The molecule has 6 nitrogen and oxygen atoms in total. The molecule has 1 aromatic rings. The zero-order valence-electron chi connectivity index (χ0n) is 11.4. The first-order valence-corrected chi connectivity index (χ1v) is 5.86. The molecule has 0 amide bonds. The normalized spacial score (nSPS) is 10.3. The Balaban J connectivity index is 2.56. The van der Waals surface area contributed by atoms with Crippen LogP contribution in [0.15, 0.2) is 18.2 Å². The topological polar surface area (TPSA) is 68.7 Å². The van der Waals surface area contributed by atoms with Gasteiger partial charge < -0.3 is 9.47 Å². The summed E-state index contributed by atoms with van der Waals surface area (Å²) in [6.45, 7) is 1.11. The van der Waals surface area contributed by atoms with Crippen molar-refractivity contribution in [2.45, 2.75) is 13.0 Å². The van der Waals surface area contributed by atoms with Gasteiger partial charge in [-0.05, 0) is 19.2 Å². The molecular weight excluding hydrogens is 248 g/mol. The van der Waals surface area contributed by atoms with Crippen molar-refractivity contribution >= 4 is 11.9 Å². The van der Waals surface area contributed by atoms with E-state index < -0.39 is 5.97 Å². The second kappa shape index (κ2) is 7.48. The molecule has 1 rings (SSSR count). The smallest absolute Gasteiger partial charge is 0.356 e. The van der Waals surface area contributed by atoms with E-state index in [1.54, 1.807) is 12.1 Å². The monoisotopic (exact) mass is 266 g/mol. The number of carbonyl (C=O) groups is 2. The molecule has 19 heavy (non-hydrogen) atoms. The van der Waals surface area contributed by atoms with Gasteiger partial charge in [0.25, 0.3) is 0 Å². The average Bonchev–Trinajstić information content (AvgIpc) is 2.44. The minimum atomic E-state index is -0.459. The fraction of sp³-hybridized carbons (Fsp3) is 0.462. The highest BCUT2D eigenvalue weighted by molar-refractivity contribution is 5.87. The first-order valence-electron chi connectivity index (χ1n) is 5.86. The Bertz CT molecular complexity index is 448. The summed E-state index contributed by atoms with van der Waals surface area (Å²) in [7, 11) is 4.55. The number of hydrogen-bond acceptors (Lipinski definition) is 6. The fourth-order valence-corrected chi connectivity index (χ4v) is 1.53. The molecule has 0 aliphatic carbocycles. The first-order chi connectivity index (χ1) is 9.06. The number of methoxy groups -OCH3 is 2. The van der Waals surface area contributed by atoms with Crippen LogP contribution in [0.4, 0.5) is 0 Å². The predicted molar refractivity (Wildman–Crippen MR) is 68.5 cm³/mol. The Morgan fingerprint density at radius 1 is 1.26 bits per heavy atom. The van der Waals surface area contributed by atoms with Crippen LogP contribution in [0.3, 0.4) is 0 Å². The first kappa shape index (κ1) is 15.1. The van der Waals surface area contributed by atoms with E-state index in [1.165, 1.54) is 14.2 Å². The van der Waals surface area contributed by atoms with Gasteiger partial charge in [0.1, 0.15) is 5.69 Å². The van der Waals surface area contributed by atoms with E-state index in [2.05, 4.69) is 14.5 Å². The molecule has 0 atom stereocenters. The zero-order valence-corrected chi connectivity index (χ0v) is 11.4. The van der Waals surface area contributed by atoms with Gasteiger partial charge in [-0.25, -0.2) is 9.78 Å². The minimum Gasteiger partial charge on any atom is -0.469 e. The highest BCUT2D eigenvalue weighted by Gasteiger charge is 2.09. The summed E-state index contributed by atoms with van der Waals surface area (Å²) in [6.07, 6.45) is 0.323. The van der Waals surface area contributed by atoms with Crippen molar-refractivity contribution in [2.75, 3.05) is 27.8 Å². The molecule has 104 valence electrons. The Morgan fingerprint density at radius 3 is 2.63 bits per heavy atom. The van der Waals surface area contributed by atoms with Crippen molar-refractivity contribution in [2.24, 2.45) is 0 Å². The number of ether oxygens (including phenoxy) is 2. The molecule has 0 saturated carbocycles. The minimum absolute atomic E-state index is 0.247. The molecule has 0 spiro atoms. The van der Waals surface area contributed by atoms with E-state index in [1.807, 2.05) is 18.0 Å². The molecular formula is C13H18N2O4. The van der Waals surface area contributed by atoms with E-state index in [-0.39, 0.29) is 11.7 Å². The maximum atomic E-state index is 11.3. The SMILES string of the molecule is COC(=O)CCN(C)Cc1cccc(C(=O)OC)n1. The van der Waals surface area contributed by atoms with E-state index in [0.717, 1.165) is 5.69 Å². The standard InChI is InChI=1S/C13H18N2O4/c1-15(8-7-12(16)18-2)9-10-5-4-6-11(14-10)13(17)19-3/h4-6H,7-9H2,1-3H3. The molecule has 0 aliphatic rings. The summed E-state index contributed by atoms with van der Waals surface area (Å²) in [4.78, 5) is 28.5. The lowest BCUT2D eigenvalue weighted by molar-refractivity contribution is -0.140. The number of aromatic nitrogens is 1. The van der Waals surface area contributed by atoms with Crippen LogP contribution in [0.1, 0.15) is 22.6 Å².